The SMILES string of the molecule is CC(C)[n+]1noc([O-])c1S(C)=O. The molecule has 0 bridgehead atoms. The fraction of sp³-hybridized carbons (Fsp3) is 0.667. The topological polar surface area (TPSA) is 70.0 Å². The molecule has 1 heterocycles. The highest BCUT2D eigenvalue weighted by molar-refractivity contribution is 7.84. The first-order valence-electron chi connectivity index (χ1n) is 3.46. The average molecular weight is 190 g/mol. The summed E-state index contributed by atoms with van der Waals surface area (Å²) >= 11 is 0. The lowest BCUT2D eigenvalue weighted by molar-refractivity contribution is -0.810. The first-order valence-corrected chi connectivity index (χ1v) is 5.01. The monoisotopic (exact) mass is 190 g/mol. The maximum atomic E-state index is 11.0. The molecule has 1 unspecified atom stereocenters. The Morgan fingerprint density at radius 2 is 2.25 bits per heavy atom. The smallest absolute Gasteiger partial charge is 0.320 e. The summed E-state index contributed by atoms with van der Waals surface area (Å²) in [5, 5.41) is 14.5. The van der Waals surface area contributed by atoms with E-state index < -0.39 is 16.7 Å². The van der Waals surface area contributed by atoms with Crippen molar-refractivity contribution in [2.45, 2.75) is 24.9 Å². The lowest BCUT2D eigenvalue weighted by Gasteiger charge is -1.95. The maximum Gasteiger partial charge on any atom is 0.320 e. The first-order chi connectivity index (χ1) is 5.54. The highest BCUT2D eigenvalue weighted by atomic mass is 32.2. The molecule has 0 aliphatic heterocycles. The van der Waals surface area contributed by atoms with Crippen molar-refractivity contribution in [2.24, 2.45) is 0 Å². The molecule has 0 aliphatic carbocycles. The second kappa shape index (κ2) is 3.22. The van der Waals surface area contributed by atoms with Crippen molar-refractivity contribution in [1.82, 2.24) is 5.27 Å². The molecule has 5 nitrogen and oxygen atoms in total. The van der Waals surface area contributed by atoms with Gasteiger partial charge in [0.2, 0.25) is 0 Å². The zero-order valence-corrected chi connectivity index (χ0v) is 7.92. The van der Waals surface area contributed by atoms with Crippen molar-refractivity contribution in [2.75, 3.05) is 6.26 Å². The van der Waals surface area contributed by atoms with Gasteiger partial charge in [-0.15, -0.1) is 0 Å². The third-order valence-corrected chi connectivity index (χ3v) is 2.25. The Balaban J connectivity index is 3.21. The summed E-state index contributed by atoms with van der Waals surface area (Å²) in [7, 11) is -1.35. The van der Waals surface area contributed by atoms with Crippen LogP contribution in [0.5, 0.6) is 5.95 Å². The Kier molecular flexibility index (Phi) is 2.46. The normalized spacial score (nSPS) is 13.7. The molecule has 1 atom stereocenters. The lowest BCUT2D eigenvalue weighted by Crippen LogP contribution is -2.41. The Hall–Kier alpha value is -0.910. The van der Waals surface area contributed by atoms with Crippen LogP contribution in [0.2, 0.25) is 0 Å². The van der Waals surface area contributed by atoms with Crippen molar-refractivity contribution < 1.29 is 18.5 Å². The van der Waals surface area contributed by atoms with Gasteiger partial charge in [0.1, 0.15) is 10.8 Å². The second-order valence-corrected chi connectivity index (χ2v) is 3.95. The summed E-state index contributed by atoms with van der Waals surface area (Å²) in [5.41, 5.74) is 0. The third kappa shape index (κ3) is 1.47. The highest BCUT2D eigenvalue weighted by Crippen LogP contribution is 2.12. The van der Waals surface area contributed by atoms with Crippen LogP contribution in [0, 0.1) is 0 Å². The fourth-order valence-corrected chi connectivity index (χ4v) is 1.61. The minimum absolute atomic E-state index is 0.0182. The van der Waals surface area contributed by atoms with Crippen LogP contribution >= 0.6 is 0 Å². The van der Waals surface area contributed by atoms with Crippen LogP contribution in [0.4, 0.5) is 0 Å². The van der Waals surface area contributed by atoms with Crippen LogP contribution in [0.1, 0.15) is 19.9 Å². The van der Waals surface area contributed by atoms with Gasteiger partial charge in [-0.1, -0.05) is 4.68 Å². The predicted octanol–water partition coefficient (Wildman–Crippen LogP) is -0.646. The molecule has 6 heteroatoms. The summed E-state index contributed by atoms with van der Waals surface area (Å²) in [6.07, 6.45) is 1.42. The first kappa shape index (κ1) is 9.18. The Morgan fingerprint density at radius 1 is 1.67 bits per heavy atom. The molecule has 0 fully saturated rings. The maximum absolute atomic E-state index is 11.0. The summed E-state index contributed by atoms with van der Waals surface area (Å²) < 4.78 is 16.8. The van der Waals surface area contributed by atoms with E-state index in [2.05, 4.69) is 9.79 Å². The van der Waals surface area contributed by atoms with E-state index in [-0.39, 0.29) is 11.1 Å². The van der Waals surface area contributed by atoms with Gasteiger partial charge in [0, 0.05) is 6.26 Å². The lowest BCUT2D eigenvalue weighted by atomic mass is 10.4. The molecule has 68 valence electrons. The number of rotatable bonds is 2. The van der Waals surface area contributed by atoms with E-state index in [0.29, 0.717) is 0 Å². The Bertz CT molecular complexity index is 308. The van der Waals surface area contributed by atoms with Crippen LogP contribution in [0.15, 0.2) is 9.55 Å². The zero-order valence-electron chi connectivity index (χ0n) is 7.10. The van der Waals surface area contributed by atoms with E-state index in [1.807, 2.05) is 13.8 Å². The number of hydrogen-bond donors (Lipinski definition) is 0. The third-order valence-electron chi connectivity index (χ3n) is 1.36. The van der Waals surface area contributed by atoms with Gasteiger partial charge in [-0.05, 0) is 13.8 Å². The predicted molar refractivity (Wildman–Crippen MR) is 38.9 cm³/mol. The van der Waals surface area contributed by atoms with Crippen molar-refractivity contribution in [1.29, 1.82) is 0 Å². The summed E-state index contributed by atoms with van der Waals surface area (Å²) in [4.78, 5) is 0. The molecule has 0 N–H and O–H groups in total. The molecule has 0 amide bonds. The standard InChI is InChI=1S/C6H10N2O3S/c1-4(2)8-5(12(3)10)6(9)11-7-8/h4H,1-3H3. The molecular formula is C6H10N2O3S. The van der Waals surface area contributed by atoms with Gasteiger partial charge >= 0.3 is 5.03 Å². The largest absolute Gasteiger partial charge is 0.538 e. The minimum Gasteiger partial charge on any atom is -0.538 e. The van der Waals surface area contributed by atoms with Gasteiger partial charge in [0.15, 0.2) is 12.0 Å². The quantitative estimate of drug-likeness (QED) is 0.581. The summed E-state index contributed by atoms with van der Waals surface area (Å²) in [6, 6.07) is -0.0182. The van der Waals surface area contributed by atoms with Crippen molar-refractivity contribution in [3.8, 4) is 5.95 Å². The van der Waals surface area contributed by atoms with E-state index in [4.69, 9.17) is 0 Å². The Morgan fingerprint density at radius 3 is 2.58 bits per heavy atom. The zero-order chi connectivity index (χ0) is 9.30. The number of aromatic nitrogens is 2. The average Bonchev–Trinajstić information content (AvgIpc) is 2.30. The molecule has 1 rings (SSSR count). The van der Waals surface area contributed by atoms with Gasteiger partial charge in [0.25, 0.3) is 0 Å². The Labute approximate surface area is 72.4 Å². The van der Waals surface area contributed by atoms with Crippen LogP contribution < -0.4 is 9.79 Å². The van der Waals surface area contributed by atoms with Crippen molar-refractivity contribution >= 4 is 10.8 Å². The second-order valence-electron chi connectivity index (χ2n) is 2.66. The molecule has 12 heavy (non-hydrogen) atoms. The van der Waals surface area contributed by atoms with E-state index in [0.717, 1.165) is 0 Å². The van der Waals surface area contributed by atoms with Crippen LogP contribution in [-0.2, 0) is 10.8 Å². The molecule has 0 radical (unpaired) electrons. The van der Waals surface area contributed by atoms with Gasteiger partial charge < -0.3 is 9.63 Å². The number of nitrogens with zero attached hydrogens (tertiary/aromatic N) is 2. The van der Waals surface area contributed by atoms with Gasteiger partial charge in [-0.3, -0.25) is 0 Å². The molecule has 1 aromatic heterocycles. The van der Waals surface area contributed by atoms with Gasteiger partial charge in [-0.2, -0.15) is 0 Å². The van der Waals surface area contributed by atoms with Gasteiger partial charge in [-0.25, -0.2) is 4.21 Å². The molecule has 0 spiro atoms. The molecule has 0 saturated heterocycles. The molecule has 0 aromatic carbocycles. The molecule has 0 saturated carbocycles. The molecule has 1 aromatic rings. The molecule has 0 aliphatic rings. The van der Waals surface area contributed by atoms with E-state index in [1.165, 1.54) is 10.9 Å². The van der Waals surface area contributed by atoms with Crippen molar-refractivity contribution in [3.05, 3.63) is 0 Å². The van der Waals surface area contributed by atoms with Gasteiger partial charge in [0.05, 0.1) is 5.27 Å². The summed E-state index contributed by atoms with van der Waals surface area (Å²) in [6.45, 7) is 3.66. The number of hydrogen-bond acceptors (Lipinski definition) is 4. The van der Waals surface area contributed by atoms with Crippen LogP contribution in [-0.4, -0.2) is 15.7 Å². The highest BCUT2D eigenvalue weighted by Gasteiger charge is 2.23. The van der Waals surface area contributed by atoms with Crippen molar-refractivity contribution in [3.63, 3.8) is 0 Å². The van der Waals surface area contributed by atoms with E-state index in [9.17, 15) is 9.32 Å². The molecular weight excluding hydrogens is 180 g/mol. The minimum atomic E-state index is -1.35. The fourth-order valence-electron chi connectivity index (χ4n) is 0.829. The van der Waals surface area contributed by atoms with Crippen LogP contribution in [0.25, 0.3) is 0 Å². The summed E-state index contributed by atoms with van der Waals surface area (Å²) in [5.74, 6) is -0.621. The van der Waals surface area contributed by atoms with E-state index >= 15 is 0 Å². The van der Waals surface area contributed by atoms with E-state index in [1.54, 1.807) is 0 Å². The van der Waals surface area contributed by atoms with Crippen LogP contribution in [0.3, 0.4) is 0 Å².